The molecule has 1 N–H and O–H groups in total. The number of carbonyl (C=O) groups excluding carboxylic acids is 1. The Hall–Kier alpha value is -3.88. The highest BCUT2D eigenvalue weighted by Gasteiger charge is 2.31. The summed E-state index contributed by atoms with van der Waals surface area (Å²) in [6.07, 6.45) is -3.22. The van der Waals surface area contributed by atoms with Gasteiger partial charge in [-0.15, -0.1) is 13.2 Å². The van der Waals surface area contributed by atoms with Gasteiger partial charge >= 0.3 is 6.36 Å². The number of carbonyl (C=O) groups is 1. The molecule has 0 bridgehead atoms. The van der Waals surface area contributed by atoms with E-state index in [1.165, 1.54) is 12.1 Å². The van der Waals surface area contributed by atoms with Gasteiger partial charge in [-0.3, -0.25) is 4.79 Å². The molecule has 2 aromatic heterocycles. The maximum absolute atomic E-state index is 12.3. The van der Waals surface area contributed by atoms with E-state index in [1.807, 2.05) is 13.8 Å². The first-order valence-electron chi connectivity index (χ1n) is 9.36. The van der Waals surface area contributed by atoms with Crippen LogP contribution in [0.3, 0.4) is 0 Å². The minimum Gasteiger partial charge on any atom is -0.434 e. The Morgan fingerprint density at radius 3 is 2.45 bits per heavy atom. The Morgan fingerprint density at radius 1 is 1.03 bits per heavy atom. The number of hydrogen-bond donors (Lipinski definition) is 1. The smallest absolute Gasteiger partial charge is 0.434 e. The Bertz CT molecular complexity index is 1140. The van der Waals surface area contributed by atoms with Gasteiger partial charge in [-0.05, 0) is 54.6 Å². The van der Waals surface area contributed by atoms with E-state index in [0.29, 0.717) is 28.4 Å². The molecule has 6 nitrogen and oxygen atoms in total. The van der Waals surface area contributed by atoms with Crippen LogP contribution in [0.5, 0.6) is 5.75 Å². The number of anilines is 1. The third-order valence-electron chi connectivity index (χ3n) is 3.88. The molecule has 1 amide bonds. The molecule has 0 aliphatic heterocycles. The maximum atomic E-state index is 12.3. The molecule has 0 unspecified atom stereocenters. The zero-order valence-corrected chi connectivity index (χ0v) is 16.6. The van der Waals surface area contributed by atoms with Gasteiger partial charge in [0.15, 0.2) is 11.2 Å². The third kappa shape index (κ3) is 5.59. The van der Waals surface area contributed by atoms with E-state index in [2.05, 4.69) is 20.0 Å². The van der Waals surface area contributed by atoms with Crippen LogP contribution in [-0.4, -0.2) is 22.2 Å². The van der Waals surface area contributed by atoms with Crippen molar-refractivity contribution in [3.63, 3.8) is 0 Å². The fourth-order valence-electron chi connectivity index (χ4n) is 2.63. The van der Waals surface area contributed by atoms with Crippen molar-refractivity contribution in [3.05, 3.63) is 72.4 Å². The quantitative estimate of drug-likeness (QED) is 0.426. The second kappa shape index (κ2) is 9.29. The minimum atomic E-state index is -4.83. The number of halogens is 3. The number of rotatable bonds is 4. The lowest BCUT2D eigenvalue weighted by molar-refractivity contribution is -0.274. The summed E-state index contributed by atoms with van der Waals surface area (Å²) in [6, 6.07) is 15.0. The number of ether oxygens (including phenoxy) is 1. The summed E-state index contributed by atoms with van der Waals surface area (Å²) in [6.45, 7) is 4.00. The summed E-state index contributed by atoms with van der Waals surface area (Å²) in [5.41, 5.74) is 2.21. The average Bonchev–Trinajstić information content (AvgIpc) is 3.19. The molecule has 2 aromatic carbocycles. The predicted octanol–water partition coefficient (Wildman–Crippen LogP) is 6.07. The molecule has 160 valence electrons. The fourth-order valence-corrected chi connectivity index (χ4v) is 2.63. The van der Waals surface area contributed by atoms with Crippen LogP contribution >= 0.6 is 0 Å². The van der Waals surface area contributed by atoms with Crippen LogP contribution in [0.15, 0.2) is 71.3 Å². The van der Waals surface area contributed by atoms with Crippen molar-refractivity contribution in [1.29, 1.82) is 0 Å². The second-order valence-corrected chi connectivity index (χ2v) is 5.95. The third-order valence-corrected chi connectivity index (χ3v) is 3.88. The summed E-state index contributed by atoms with van der Waals surface area (Å²) in [5, 5.41) is 2.61. The molecular formula is C22H18F3N3O3. The van der Waals surface area contributed by atoms with Crippen LogP contribution in [0.2, 0.25) is 0 Å². The first-order chi connectivity index (χ1) is 14.9. The number of alkyl halides is 3. The number of benzene rings is 2. The zero-order valence-electron chi connectivity index (χ0n) is 16.6. The molecule has 4 aromatic rings. The fraction of sp³-hybridized carbons (Fsp3) is 0.136. The molecule has 31 heavy (non-hydrogen) atoms. The molecule has 0 saturated carbocycles. The van der Waals surface area contributed by atoms with Gasteiger partial charge in [0, 0.05) is 23.0 Å². The molecule has 0 aliphatic carbocycles. The van der Waals surface area contributed by atoms with Crippen LogP contribution < -0.4 is 10.1 Å². The highest BCUT2D eigenvalue weighted by molar-refractivity contribution is 6.04. The Morgan fingerprint density at radius 2 is 1.77 bits per heavy atom. The van der Waals surface area contributed by atoms with Crippen LogP contribution in [-0.2, 0) is 0 Å². The van der Waals surface area contributed by atoms with Crippen molar-refractivity contribution in [3.8, 4) is 17.2 Å². The topological polar surface area (TPSA) is 77.3 Å². The van der Waals surface area contributed by atoms with E-state index >= 15 is 0 Å². The lowest BCUT2D eigenvalue weighted by Gasteiger charge is -2.10. The van der Waals surface area contributed by atoms with Gasteiger partial charge in [-0.25, -0.2) is 4.98 Å². The number of pyridine rings is 1. The number of nitrogens with one attached hydrogen (secondary N) is 1. The van der Waals surface area contributed by atoms with Crippen molar-refractivity contribution < 1.29 is 27.1 Å². The Labute approximate surface area is 175 Å². The number of nitrogens with zero attached hydrogens (tertiary/aromatic N) is 2. The Kier molecular flexibility index (Phi) is 6.54. The molecular weight excluding hydrogens is 411 g/mol. The number of hydrogen-bond acceptors (Lipinski definition) is 5. The normalized spacial score (nSPS) is 10.9. The van der Waals surface area contributed by atoms with Gasteiger partial charge in [0.1, 0.15) is 5.75 Å². The molecule has 0 atom stereocenters. The number of oxazole rings is 1. The largest absolute Gasteiger partial charge is 0.573 e. The molecule has 0 fully saturated rings. The van der Waals surface area contributed by atoms with Gasteiger partial charge in [-0.2, -0.15) is 4.98 Å². The second-order valence-electron chi connectivity index (χ2n) is 5.95. The molecule has 2 heterocycles. The van der Waals surface area contributed by atoms with E-state index in [-0.39, 0.29) is 5.56 Å². The molecule has 0 saturated heterocycles. The number of amides is 1. The first kappa shape index (κ1) is 21.8. The van der Waals surface area contributed by atoms with Crippen molar-refractivity contribution in [2.45, 2.75) is 20.2 Å². The first-order valence-corrected chi connectivity index (χ1v) is 9.36. The van der Waals surface area contributed by atoms with Crippen LogP contribution in [0.4, 0.5) is 18.9 Å². The van der Waals surface area contributed by atoms with Crippen LogP contribution in [0, 0.1) is 0 Å². The summed E-state index contributed by atoms with van der Waals surface area (Å²) in [5.74, 6) is -0.657. The monoisotopic (exact) mass is 429 g/mol. The number of fused-ring (bicyclic) bond motifs is 1. The van der Waals surface area contributed by atoms with Gasteiger partial charge in [0.2, 0.25) is 5.89 Å². The van der Waals surface area contributed by atoms with Crippen molar-refractivity contribution in [2.24, 2.45) is 0 Å². The average molecular weight is 429 g/mol. The van der Waals surface area contributed by atoms with Gasteiger partial charge in [-0.1, -0.05) is 19.9 Å². The lowest BCUT2D eigenvalue weighted by atomic mass is 10.1. The lowest BCUT2D eigenvalue weighted by Crippen LogP contribution is -2.18. The SMILES string of the molecule is CC.O=C(Nc1ccc(-c2nc3ncccc3o2)cc1)c1cccc(OC(F)(F)F)c1. The van der Waals surface area contributed by atoms with E-state index in [1.54, 1.807) is 42.6 Å². The number of aromatic nitrogens is 2. The van der Waals surface area contributed by atoms with E-state index in [4.69, 9.17) is 4.42 Å². The summed E-state index contributed by atoms with van der Waals surface area (Å²) in [7, 11) is 0. The molecule has 0 spiro atoms. The van der Waals surface area contributed by atoms with Crippen LogP contribution in [0.25, 0.3) is 22.7 Å². The van der Waals surface area contributed by atoms with Crippen molar-refractivity contribution in [2.75, 3.05) is 5.32 Å². The van der Waals surface area contributed by atoms with Gasteiger partial charge < -0.3 is 14.5 Å². The van der Waals surface area contributed by atoms with Crippen molar-refractivity contribution >= 4 is 22.8 Å². The maximum Gasteiger partial charge on any atom is 0.573 e. The predicted molar refractivity (Wildman–Crippen MR) is 110 cm³/mol. The van der Waals surface area contributed by atoms with Gasteiger partial charge in [0.25, 0.3) is 5.91 Å². The van der Waals surface area contributed by atoms with Gasteiger partial charge in [0.05, 0.1) is 0 Å². The summed E-state index contributed by atoms with van der Waals surface area (Å²) < 4.78 is 46.4. The molecule has 9 heteroatoms. The Balaban J connectivity index is 0.00000132. The van der Waals surface area contributed by atoms with E-state index < -0.39 is 18.0 Å². The molecule has 4 rings (SSSR count). The van der Waals surface area contributed by atoms with E-state index in [9.17, 15) is 18.0 Å². The highest BCUT2D eigenvalue weighted by atomic mass is 19.4. The molecule has 0 radical (unpaired) electrons. The highest BCUT2D eigenvalue weighted by Crippen LogP contribution is 2.26. The summed E-state index contributed by atoms with van der Waals surface area (Å²) >= 11 is 0. The summed E-state index contributed by atoms with van der Waals surface area (Å²) in [4.78, 5) is 20.7. The minimum absolute atomic E-state index is 0.0286. The van der Waals surface area contributed by atoms with E-state index in [0.717, 1.165) is 12.1 Å². The zero-order chi connectivity index (χ0) is 22.4. The molecule has 0 aliphatic rings. The van der Waals surface area contributed by atoms with Crippen LogP contribution in [0.1, 0.15) is 24.2 Å². The van der Waals surface area contributed by atoms with Crippen molar-refractivity contribution in [1.82, 2.24) is 9.97 Å². The standard InChI is InChI=1S/C20H12F3N3O3.C2H6/c21-20(22,23)29-15-4-1-3-13(11-15)18(27)25-14-8-6-12(7-9-14)19-26-17-16(28-19)5-2-10-24-17;1-2/h1-11H,(H,25,27);1-2H3.